The molecule has 0 aromatic rings. The molecule has 0 spiro atoms. The molecule has 0 saturated heterocycles. The van der Waals surface area contributed by atoms with Gasteiger partial charge in [-0.3, -0.25) is 0 Å². The standard InChI is InChI=1S/C18H35.Al.O/c1-3-5-7-9-11-13-15-17-18-16-14-12-10-8-6-4-2;;/h17-18H,1,3-16H2,2H3;;/b18-17-;;. The van der Waals surface area contributed by atoms with Gasteiger partial charge in [0.05, 0.1) is 0 Å². The van der Waals surface area contributed by atoms with Gasteiger partial charge in [0.1, 0.15) is 0 Å². The van der Waals surface area contributed by atoms with Crippen LogP contribution in [0.4, 0.5) is 0 Å². The second-order valence-electron chi connectivity index (χ2n) is 5.89. The summed E-state index contributed by atoms with van der Waals surface area (Å²) in [6.07, 6.45) is 23.6. The van der Waals surface area contributed by atoms with E-state index in [-0.39, 0.29) is 0 Å². The van der Waals surface area contributed by atoms with Crippen LogP contribution in [0.5, 0.6) is 0 Å². The summed E-state index contributed by atoms with van der Waals surface area (Å²) in [6, 6.07) is 0. The fourth-order valence-corrected chi connectivity index (χ4v) is 2.93. The Morgan fingerprint density at radius 2 is 1.10 bits per heavy atom. The topological polar surface area (TPSA) is 17.1 Å². The van der Waals surface area contributed by atoms with Crippen LogP contribution in [0.15, 0.2) is 12.2 Å². The molecule has 0 unspecified atom stereocenters. The SMILES string of the molecule is CCCCCCCC/C=C\CCCCCCC[CH2][Al]=[O]. The molecule has 0 aromatic heterocycles. The molecule has 0 heterocycles. The fourth-order valence-electron chi connectivity index (χ4n) is 2.48. The first-order valence-electron chi connectivity index (χ1n) is 9.00. The first-order valence-corrected chi connectivity index (χ1v) is 10.3. The Morgan fingerprint density at radius 1 is 0.650 bits per heavy atom. The average molecular weight is 294 g/mol. The van der Waals surface area contributed by atoms with Crippen LogP contribution in [-0.2, 0) is 3.80 Å². The molecule has 20 heavy (non-hydrogen) atoms. The number of hydrogen-bond acceptors (Lipinski definition) is 1. The van der Waals surface area contributed by atoms with E-state index in [0.29, 0.717) is 0 Å². The van der Waals surface area contributed by atoms with E-state index in [9.17, 15) is 3.80 Å². The number of allylic oxidation sites excluding steroid dienone is 2. The van der Waals surface area contributed by atoms with Crippen molar-refractivity contribution < 1.29 is 3.80 Å². The summed E-state index contributed by atoms with van der Waals surface area (Å²) < 4.78 is 10.4. The second-order valence-corrected chi connectivity index (χ2v) is 6.80. The molecule has 2 heteroatoms. The van der Waals surface area contributed by atoms with Gasteiger partial charge in [-0.25, -0.2) is 0 Å². The van der Waals surface area contributed by atoms with E-state index < -0.39 is 15.2 Å². The Hall–Kier alpha value is 0.0725. The van der Waals surface area contributed by atoms with Gasteiger partial charge < -0.3 is 0 Å². The molecule has 0 fully saturated rings. The Balaban J connectivity index is 3.03. The summed E-state index contributed by atoms with van der Waals surface area (Å²) in [4.78, 5) is 0. The van der Waals surface area contributed by atoms with Crippen molar-refractivity contribution in [2.45, 2.75) is 102 Å². The molecule has 0 aliphatic heterocycles. The fraction of sp³-hybridized carbons (Fsp3) is 0.889. The maximum atomic E-state index is 10.4. The molecular formula is C18H35AlO. The number of unbranched alkanes of at least 4 members (excludes halogenated alkanes) is 12. The van der Waals surface area contributed by atoms with E-state index in [4.69, 9.17) is 0 Å². The predicted octanol–water partition coefficient (Wildman–Crippen LogP) is 6.49. The quantitative estimate of drug-likeness (QED) is 0.180. The Labute approximate surface area is 133 Å². The van der Waals surface area contributed by atoms with E-state index in [1.54, 1.807) is 0 Å². The van der Waals surface area contributed by atoms with Crippen molar-refractivity contribution in [3.63, 3.8) is 0 Å². The van der Waals surface area contributed by atoms with Gasteiger partial charge in [0.15, 0.2) is 0 Å². The van der Waals surface area contributed by atoms with Gasteiger partial charge in [0.2, 0.25) is 0 Å². The summed E-state index contributed by atoms with van der Waals surface area (Å²) >= 11 is -0.500. The van der Waals surface area contributed by atoms with E-state index in [0.717, 1.165) is 5.28 Å². The Kier molecular flexibility index (Phi) is 19.1. The van der Waals surface area contributed by atoms with E-state index in [2.05, 4.69) is 19.1 Å². The average Bonchev–Trinajstić information content (AvgIpc) is 2.47. The van der Waals surface area contributed by atoms with E-state index in [1.165, 1.54) is 89.9 Å². The molecule has 1 nitrogen and oxygen atoms in total. The van der Waals surface area contributed by atoms with Gasteiger partial charge in [-0.1, -0.05) is 39.0 Å². The van der Waals surface area contributed by atoms with Gasteiger partial charge >= 0.3 is 94.2 Å². The van der Waals surface area contributed by atoms with Crippen molar-refractivity contribution in [3.8, 4) is 0 Å². The van der Waals surface area contributed by atoms with E-state index in [1.807, 2.05) is 0 Å². The first-order chi connectivity index (χ1) is 9.91. The van der Waals surface area contributed by atoms with Crippen LogP contribution in [0.2, 0.25) is 5.28 Å². The maximum absolute atomic E-state index is 10.4. The summed E-state index contributed by atoms with van der Waals surface area (Å²) in [5.74, 6) is 0. The molecule has 0 amide bonds. The molecule has 0 atom stereocenters. The van der Waals surface area contributed by atoms with Gasteiger partial charge in [-0.15, -0.1) is 0 Å². The molecule has 0 rings (SSSR count). The van der Waals surface area contributed by atoms with Gasteiger partial charge in [-0.05, 0) is 0 Å². The van der Waals surface area contributed by atoms with Crippen LogP contribution < -0.4 is 0 Å². The monoisotopic (exact) mass is 294 g/mol. The van der Waals surface area contributed by atoms with E-state index >= 15 is 0 Å². The second kappa shape index (κ2) is 19.1. The summed E-state index contributed by atoms with van der Waals surface area (Å²) in [7, 11) is 0. The minimum atomic E-state index is -0.500. The third kappa shape index (κ3) is 18.1. The van der Waals surface area contributed by atoms with Crippen molar-refractivity contribution in [2.75, 3.05) is 0 Å². The summed E-state index contributed by atoms with van der Waals surface area (Å²) in [5, 5.41) is 0.960. The first kappa shape index (κ1) is 20.1. The van der Waals surface area contributed by atoms with Crippen molar-refractivity contribution >= 4 is 15.2 Å². The van der Waals surface area contributed by atoms with Crippen LogP contribution in [0.25, 0.3) is 0 Å². The minimum absolute atomic E-state index is 0.500. The zero-order valence-corrected chi connectivity index (χ0v) is 14.9. The molecule has 0 aliphatic carbocycles. The zero-order valence-electron chi connectivity index (χ0n) is 13.7. The number of rotatable bonds is 16. The molecule has 0 aliphatic rings. The van der Waals surface area contributed by atoms with Crippen LogP contribution in [-0.4, -0.2) is 15.2 Å². The molecule has 0 N–H and O–H groups in total. The molecule has 0 saturated carbocycles. The van der Waals surface area contributed by atoms with Gasteiger partial charge in [-0.2, -0.15) is 0 Å². The third-order valence-corrected chi connectivity index (χ3v) is 4.48. The molecule has 116 valence electrons. The van der Waals surface area contributed by atoms with Crippen LogP contribution in [0.1, 0.15) is 96.8 Å². The van der Waals surface area contributed by atoms with Crippen LogP contribution in [0.3, 0.4) is 0 Å². The molecule has 0 aromatic carbocycles. The van der Waals surface area contributed by atoms with Crippen LogP contribution >= 0.6 is 0 Å². The predicted molar refractivity (Wildman–Crippen MR) is 90.7 cm³/mol. The molecular weight excluding hydrogens is 259 g/mol. The van der Waals surface area contributed by atoms with Crippen molar-refractivity contribution in [1.29, 1.82) is 0 Å². The van der Waals surface area contributed by atoms with Gasteiger partial charge in [0, 0.05) is 0 Å². The Morgan fingerprint density at radius 3 is 1.60 bits per heavy atom. The summed E-state index contributed by atoms with van der Waals surface area (Å²) in [5.41, 5.74) is 0. The van der Waals surface area contributed by atoms with Crippen molar-refractivity contribution in [2.24, 2.45) is 0 Å². The third-order valence-electron chi connectivity index (χ3n) is 3.83. The van der Waals surface area contributed by atoms with Crippen molar-refractivity contribution in [1.82, 2.24) is 0 Å². The molecule has 0 radical (unpaired) electrons. The normalized spacial score (nSPS) is 11.1. The van der Waals surface area contributed by atoms with Crippen molar-refractivity contribution in [3.05, 3.63) is 12.2 Å². The molecule has 0 bridgehead atoms. The van der Waals surface area contributed by atoms with Crippen LogP contribution in [0, 0.1) is 0 Å². The van der Waals surface area contributed by atoms with Gasteiger partial charge in [0.25, 0.3) is 0 Å². The number of hydrogen-bond donors (Lipinski definition) is 0. The zero-order chi connectivity index (χ0) is 14.7. The summed E-state index contributed by atoms with van der Waals surface area (Å²) in [6.45, 7) is 2.27. The Bertz CT molecular complexity index is 213.